The lowest BCUT2D eigenvalue weighted by molar-refractivity contribution is -0.127. The highest BCUT2D eigenvalue weighted by atomic mass is 35.5. The van der Waals surface area contributed by atoms with Crippen molar-refractivity contribution < 1.29 is 4.79 Å². The van der Waals surface area contributed by atoms with E-state index in [1.54, 1.807) is 30.0 Å². The van der Waals surface area contributed by atoms with Crippen LogP contribution >= 0.6 is 11.6 Å². The average molecular weight is 271 g/mol. The first-order valence-electron chi connectivity index (χ1n) is 5.88. The van der Waals surface area contributed by atoms with Crippen molar-refractivity contribution in [2.24, 2.45) is 0 Å². The molecule has 0 fully saturated rings. The Balaban J connectivity index is 2.84. The average Bonchev–Trinajstić information content (AvgIpc) is 2.28. The molecule has 100 valence electrons. The number of halogens is 1. The molecule has 0 saturated heterocycles. The van der Waals surface area contributed by atoms with Crippen molar-refractivity contribution in [2.75, 3.05) is 32.6 Å². The third kappa shape index (κ3) is 4.14. The molecule has 0 aliphatic rings. The molecular formula is C12H19ClN4O. The van der Waals surface area contributed by atoms with Gasteiger partial charge >= 0.3 is 0 Å². The van der Waals surface area contributed by atoms with Crippen molar-refractivity contribution >= 4 is 23.3 Å². The first-order chi connectivity index (χ1) is 8.43. The Kier molecular flexibility index (Phi) is 5.34. The fraction of sp³-hybridized carbons (Fsp3) is 0.583. The van der Waals surface area contributed by atoms with Crippen molar-refractivity contribution in [1.82, 2.24) is 14.9 Å². The molecule has 1 aromatic heterocycles. The van der Waals surface area contributed by atoms with Gasteiger partial charge in [0, 0.05) is 33.6 Å². The quantitative estimate of drug-likeness (QED) is 0.763. The Hall–Kier alpha value is -1.36. The fourth-order valence-electron chi connectivity index (χ4n) is 1.41. The zero-order chi connectivity index (χ0) is 13.7. The topological polar surface area (TPSA) is 49.3 Å². The highest BCUT2D eigenvalue weighted by Gasteiger charge is 2.12. The van der Waals surface area contributed by atoms with E-state index in [1.165, 1.54) is 0 Å². The predicted octanol–water partition coefficient (Wildman–Crippen LogP) is 1.61. The van der Waals surface area contributed by atoms with Crippen LogP contribution in [0.15, 0.2) is 6.07 Å². The van der Waals surface area contributed by atoms with Gasteiger partial charge in [0.05, 0.1) is 6.54 Å². The molecule has 0 bridgehead atoms. The smallest absolute Gasteiger partial charge is 0.241 e. The maximum absolute atomic E-state index is 11.6. The van der Waals surface area contributed by atoms with Crippen LogP contribution in [0.25, 0.3) is 0 Å². The second-order valence-electron chi connectivity index (χ2n) is 4.36. The van der Waals surface area contributed by atoms with Crippen LogP contribution in [0, 0.1) is 0 Å². The van der Waals surface area contributed by atoms with Crippen LogP contribution in [-0.4, -0.2) is 48.5 Å². The first-order valence-corrected chi connectivity index (χ1v) is 6.26. The van der Waals surface area contributed by atoms with Crippen molar-refractivity contribution in [3.63, 3.8) is 0 Å². The van der Waals surface area contributed by atoms with Crippen molar-refractivity contribution in [3.8, 4) is 0 Å². The Morgan fingerprint density at radius 1 is 1.33 bits per heavy atom. The molecule has 18 heavy (non-hydrogen) atoms. The van der Waals surface area contributed by atoms with Gasteiger partial charge in [-0.1, -0.05) is 18.5 Å². The number of hydrogen-bond acceptors (Lipinski definition) is 4. The summed E-state index contributed by atoms with van der Waals surface area (Å²) in [5.74, 6) is 1.40. The van der Waals surface area contributed by atoms with Gasteiger partial charge in [-0.2, -0.15) is 0 Å². The van der Waals surface area contributed by atoms with Crippen molar-refractivity contribution in [2.45, 2.75) is 19.8 Å². The van der Waals surface area contributed by atoms with Crippen molar-refractivity contribution in [1.29, 1.82) is 0 Å². The van der Waals surface area contributed by atoms with E-state index in [0.29, 0.717) is 16.8 Å². The minimum Gasteiger partial charge on any atom is -0.350 e. The number of hydrogen-bond donors (Lipinski definition) is 0. The van der Waals surface area contributed by atoms with E-state index in [0.717, 1.165) is 12.8 Å². The number of aromatic nitrogens is 2. The molecule has 1 amide bonds. The molecule has 6 heteroatoms. The summed E-state index contributed by atoms with van der Waals surface area (Å²) in [7, 11) is 5.27. The summed E-state index contributed by atoms with van der Waals surface area (Å²) in [4.78, 5) is 23.5. The molecule has 0 aliphatic carbocycles. The normalized spacial score (nSPS) is 10.3. The van der Waals surface area contributed by atoms with Crippen LogP contribution < -0.4 is 4.90 Å². The van der Waals surface area contributed by atoms with Gasteiger partial charge in [0.1, 0.15) is 16.8 Å². The monoisotopic (exact) mass is 270 g/mol. The summed E-state index contributed by atoms with van der Waals surface area (Å²) in [5.41, 5.74) is 0. The first kappa shape index (κ1) is 14.7. The van der Waals surface area contributed by atoms with Gasteiger partial charge in [0.15, 0.2) is 0 Å². The maximum atomic E-state index is 11.6. The number of amides is 1. The number of anilines is 1. The Labute approximate surface area is 113 Å². The van der Waals surface area contributed by atoms with Crippen LogP contribution in [0.5, 0.6) is 0 Å². The van der Waals surface area contributed by atoms with Crippen LogP contribution in [0.1, 0.15) is 19.2 Å². The molecule has 0 radical (unpaired) electrons. The molecule has 1 rings (SSSR count). The van der Waals surface area contributed by atoms with Gasteiger partial charge in [-0.3, -0.25) is 4.79 Å². The van der Waals surface area contributed by atoms with E-state index in [4.69, 9.17) is 11.6 Å². The zero-order valence-corrected chi connectivity index (χ0v) is 12.0. The molecule has 0 spiro atoms. The molecule has 1 heterocycles. The molecule has 0 aromatic carbocycles. The number of nitrogens with zero attached hydrogens (tertiary/aromatic N) is 4. The van der Waals surface area contributed by atoms with Gasteiger partial charge in [-0.15, -0.1) is 0 Å². The molecular weight excluding hydrogens is 252 g/mol. The lowest BCUT2D eigenvalue weighted by Gasteiger charge is -2.20. The number of carbonyl (C=O) groups excluding carboxylic acids is 1. The van der Waals surface area contributed by atoms with E-state index >= 15 is 0 Å². The molecule has 1 aromatic rings. The summed E-state index contributed by atoms with van der Waals surface area (Å²) in [5, 5.41) is 0.410. The molecule has 0 unspecified atom stereocenters. The number of aryl methyl sites for hydroxylation is 1. The largest absolute Gasteiger partial charge is 0.350 e. The SMILES string of the molecule is CCCc1nc(Cl)cc(N(C)CC(=O)N(C)C)n1. The molecule has 0 atom stereocenters. The van der Waals surface area contributed by atoms with Gasteiger partial charge in [0.25, 0.3) is 0 Å². The second-order valence-corrected chi connectivity index (χ2v) is 4.75. The number of rotatable bonds is 5. The molecule has 0 N–H and O–H groups in total. The summed E-state index contributed by atoms with van der Waals surface area (Å²) in [6.45, 7) is 2.33. The van der Waals surface area contributed by atoms with Gasteiger partial charge in [0.2, 0.25) is 5.91 Å². The Morgan fingerprint density at radius 2 is 2.00 bits per heavy atom. The maximum Gasteiger partial charge on any atom is 0.241 e. The van der Waals surface area contributed by atoms with E-state index in [9.17, 15) is 4.79 Å². The second kappa shape index (κ2) is 6.54. The van der Waals surface area contributed by atoms with Gasteiger partial charge in [-0.25, -0.2) is 9.97 Å². The molecule has 0 aliphatic heterocycles. The van der Waals surface area contributed by atoms with Crippen LogP contribution in [0.2, 0.25) is 5.15 Å². The van der Waals surface area contributed by atoms with Gasteiger partial charge in [-0.05, 0) is 6.42 Å². The predicted molar refractivity (Wildman–Crippen MR) is 73.0 cm³/mol. The van der Waals surface area contributed by atoms with Crippen LogP contribution in [0.3, 0.4) is 0 Å². The van der Waals surface area contributed by atoms with Crippen molar-refractivity contribution in [3.05, 3.63) is 17.0 Å². The lowest BCUT2D eigenvalue weighted by atomic mass is 10.3. The molecule has 0 saturated carbocycles. The number of carbonyl (C=O) groups is 1. The summed E-state index contributed by atoms with van der Waals surface area (Å²) in [6.07, 6.45) is 1.74. The third-order valence-electron chi connectivity index (χ3n) is 2.46. The Morgan fingerprint density at radius 3 is 2.56 bits per heavy atom. The zero-order valence-electron chi connectivity index (χ0n) is 11.3. The Bertz CT molecular complexity index is 423. The van der Waals surface area contributed by atoms with E-state index in [-0.39, 0.29) is 12.5 Å². The highest BCUT2D eigenvalue weighted by Crippen LogP contribution is 2.15. The minimum atomic E-state index is 0.0178. The number of likely N-dealkylation sites (N-methyl/N-ethyl adjacent to an activating group) is 2. The minimum absolute atomic E-state index is 0.0178. The summed E-state index contributed by atoms with van der Waals surface area (Å²) < 4.78 is 0. The standard InChI is InChI=1S/C12H19ClN4O/c1-5-6-10-14-9(13)7-11(15-10)17(4)8-12(18)16(2)3/h7H,5-6,8H2,1-4H3. The highest BCUT2D eigenvalue weighted by molar-refractivity contribution is 6.29. The lowest BCUT2D eigenvalue weighted by Crippen LogP contribution is -2.34. The van der Waals surface area contributed by atoms with E-state index < -0.39 is 0 Å². The van der Waals surface area contributed by atoms with E-state index in [1.807, 2.05) is 7.05 Å². The van der Waals surface area contributed by atoms with Crippen LogP contribution in [0.4, 0.5) is 5.82 Å². The third-order valence-corrected chi connectivity index (χ3v) is 2.66. The van der Waals surface area contributed by atoms with Crippen LogP contribution in [-0.2, 0) is 11.2 Å². The fourth-order valence-corrected chi connectivity index (χ4v) is 1.60. The van der Waals surface area contributed by atoms with Gasteiger partial charge < -0.3 is 9.80 Å². The molecule has 5 nitrogen and oxygen atoms in total. The van der Waals surface area contributed by atoms with E-state index in [2.05, 4.69) is 16.9 Å². The summed E-state index contributed by atoms with van der Waals surface area (Å²) >= 11 is 5.96. The summed E-state index contributed by atoms with van der Waals surface area (Å²) in [6, 6.07) is 1.67.